The van der Waals surface area contributed by atoms with E-state index in [9.17, 15) is 13.2 Å². The van der Waals surface area contributed by atoms with Crippen molar-refractivity contribution in [1.82, 2.24) is 4.90 Å². The zero-order valence-corrected chi connectivity index (χ0v) is 15.6. The summed E-state index contributed by atoms with van der Waals surface area (Å²) in [6.07, 6.45) is 1.61. The van der Waals surface area contributed by atoms with E-state index in [4.69, 9.17) is 11.6 Å². The summed E-state index contributed by atoms with van der Waals surface area (Å²) in [5.41, 5.74) is 1.89. The third kappa shape index (κ3) is 3.24. The van der Waals surface area contributed by atoms with Gasteiger partial charge >= 0.3 is 0 Å². The largest absolute Gasteiger partial charge is 0.345 e. The summed E-state index contributed by atoms with van der Waals surface area (Å²) in [4.78, 5) is 13.7. The molecule has 5 nitrogen and oxygen atoms in total. The monoisotopic (exact) mass is 378 g/mol. The molecule has 0 saturated carbocycles. The zero-order valence-electron chi connectivity index (χ0n) is 14.1. The average molecular weight is 379 g/mol. The maximum Gasteiger partial charge on any atom is 0.264 e. The van der Waals surface area contributed by atoms with E-state index in [1.165, 1.54) is 27.4 Å². The van der Waals surface area contributed by atoms with Gasteiger partial charge in [0.2, 0.25) is 0 Å². The highest BCUT2D eigenvalue weighted by molar-refractivity contribution is 7.92. The third-order valence-corrected chi connectivity index (χ3v) is 6.37. The topological polar surface area (TPSA) is 57.7 Å². The van der Waals surface area contributed by atoms with Gasteiger partial charge in [-0.25, -0.2) is 8.42 Å². The maximum atomic E-state index is 13.2. The first-order valence-corrected chi connectivity index (χ1v) is 9.76. The second-order valence-corrected chi connectivity index (χ2v) is 8.42. The molecule has 2 aromatic rings. The lowest BCUT2D eigenvalue weighted by Crippen LogP contribution is -2.35. The average Bonchev–Trinajstić information content (AvgIpc) is 2.60. The third-order valence-electron chi connectivity index (χ3n) is 4.23. The van der Waals surface area contributed by atoms with E-state index in [0.717, 1.165) is 18.4 Å². The highest BCUT2D eigenvalue weighted by Crippen LogP contribution is 2.32. The van der Waals surface area contributed by atoms with Gasteiger partial charge in [0.25, 0.3) is 15.9 Å². The Bertz CT molecular complexity index is 926. The fraction of sp³-hybridized carbons (Fsp3) is 0.278. The zero-order chi connectivity index (χ0) is 18.2. The number of amides is 1. The summed E-state index contributed by atoms with van der Waals surface area (Å²) < 4.78 is 27.7. The molecule has 0 N–H and O–H groups in total. The van der Waals surface area contributed by atoms with Crippen molar-refractivity contribution < 1.29 is 13.2 Å². The van der Waals surface area contributed by atoms with Crippen molar-refractivity contribution in [3.63, 3.8) is 0 Å². The first kappa shape index (κ1) is 17.8. The van der Waals surface area contributed by atoms with Crippen LogP contribution in [0.5, 0.6) is 0 Å². The van der Waals surface area contributed by atoms with Crippen LogP contribution in [0.2, 0.25) is 5.02 Å². The van der Waals surface area contributed by atoms with E-state index >= 15 is 0 Å². The van der Waals surface area contributed by atoms with Crippen LogP contribution in [0.15, 0.2) is 47.4 Å². The van der Waals surface area contributed by atoms with E-state index in [0.29, 0.717) is 12.2 Å². The number of aryl methyl sites for hydroxylation is 1. The van der Waals surface area contributed by atoms with E-state index in [-0.39, 0.29) is 21.4 Å². The van der Waals surface area contributed by atoms with Gasteiger partial charge in [-0.3, -0.25) is 9.10 Å². The Labute approximate surface area is 152 Å². The first-order chi connectivity index (χ1) is 11.8. The standard InChI is InChI=1S/C18H19ClN2O3S/c1-20(2)18(22)15-12-14(9-10-16(15)19)25(23,24)21-11-5-7-13-6-3-4-8-17(13)21/h3-4,6,8-10,12H,5,7,11H2,1-2H3. The molecular weight excluding hydrogens is 360 g/mol. The van der Waals surface area contributed by atoms with Crippen molar-refractivity contribution >= 4 is 33.2 Å². The second-order valence-electron chi connectivity index (χ2n) is 6.15. The summed E-state index contributed by atoms with van der Waals surface area (Å²) in [7, 11) is -0.574. The maximum absolute atomic E-state index is 13.2. The van der Waals surface area contributed by atoms with Crippen molar-refractivity contribution in [3.8, 4) is 0 Å². The second kappa shape index (κ2) is 6.69. The van der Waals surface area contributed by atoms with Crippen molar-refractivity contribution in [2.45, 2.75) is 17.7 Å². The van der Waals surface area contributed by atoms with Gasteiger partial charge < -0.3 is 4.90 Å². The first-order valence-electron chi connectivity index (χ1n) is 7.94. The molecular formula is C18H19ClN2O3S. The van der Waals surface area contributed by atoms with Crippen molar-refractivity contribution in [3.05, 3.63) is 58.6 Å². The van der Waals surface area contributed by atoms with Crippen molar-refractivity contribution in [2.24, 2.45) is 0 Å². The lowest BCUT2D eigenvalue weighted by molar-refractivity contribution is 0.0827. The van der Waals surface area contributed by atoms with Crippen LogP contribution in [0.3, 0.4) is 0 Å². The highest BCUT2D eigenvalue weighted by atomic mass is 35.5. The number of hydrogen-bond acceptors (Lipinski definition) is 3. The number of benzene rings is 2. The molecule has 132 valence electrons. The minimum absolute atomic E-state index is 0.0683. The van der Waals surface area contributed by atoms with E-state index in [1.54, 1.807) is 14.1 Å². The van der Waals surface area contributed by atoms with Crippen LogP contribution in [-0.2, 0) is 16.4 Å². The Morgan fingerprint density at radius 2 is 1.88 bits per heavy atom. The molecule has 7 heteroatoms. The molecule has 1 heterocycles. The molecule has 0 aliphatic carbocycles. The molecule has 2 aromatic carbocycles. The number of sulfonamides is 1. The molecule has 0 atom stereocenters. The smallest absolute Gasteiger partial charge is 0.264 e. The predicted molar refractivity (Wildman–Crippen MR) is 98.8 cm³/mol. The number of nitrogens with zero attached hydrogens (tertiary/aromatic N) is 2. The molecule has 1 amide bonds. The fourth-order valence-electron chi connectivity index (χ4n) is 2.95. The summed E-state index contributed by atoms with van der Waals surface area (Å²) >= 11 is 6.10. The molecule has 1 aliphatic heterocycles. The fourth-order valence-corrected chi connectivity index (χ4v) is 4.71. The highest BCUT2D eigenvalue weighted by Gasteiger charge is 2.30. The number of carbonyl (C=O) groups is 1. The molecule has 0 aromatic heterocycles. The molecule has 0 bridgehead atoms. The SMILES string of the molecule is CN(C)C(=O)c1cc(S(=O)(=O)N2CCCc3ccccc32)ccc1Cl. The van der Waals surface area contributed by atoms with Crippen LogP contribution in [0, 0.1) is 0 Å². The van der Waals surface area contributed by atoms with Crippen LogP contribution >= 0.6 is 11.6 Å². The molecule has 3 rings (SSSR count). The lowest BCUT2D eigenvalue weighted by atomic mass is 10.0. The molecule has 0 fully saturated rings. The van der Waals surface area contributed by atoms with Crippen LogP contribution in [0.1, 0.15) is 22.3 Å². The molecule has 25 heavy (non-hydrogen) atoms. The molecule has 0 spiro atoms. The minimum atomic E-state index is -3.77. The lowest BCUT2D eigenvalue weighted by Gasteiger charge is -2.30. The Morgan fingerprint density at radius 1 is 1.16 bits per heavy atom. The van der Waals surface area contributed by atoms with E-state index < -0.39 is 10.0 Å². The van der Waals surface area contributed by atoms with Gasteiger partial charge in [0.15, 0.2) is 0 Å². The molecule has 1 aliphatic rings. The number of carbonyl (C=O) groups excluding carboxylic acids is 1. The van der Waals surface area contributed by atoms with Gasteiger partial charge in [-0.05, 0) is 42.7 Å². The molecule has 0 unspecified atom stereocenters. The van der Waals surface area contributed by atoms with Crippen LogP contribution in [0.4, 0.5) is 5.69 Å². The normalized spacial score (nSPS) is 14.1. The Morgan fingerprint density at radius 3 is 2.60 bits per heavy atom. The number of anilines is 1. The number of hydrogen-bond donors (Lipinski definition) is 0. The number of fused-ring (bicyclic) bond motifs is 1. The quantitative estimate of drug-likeness (QED) is 0.824. The summed E-state index contributed by atoms with van der Waals surface area (Å²) in [5.74, 6) is -0.332. The van der Waals surface area contributed by atoms with E-state index in [2.05, 4.69) is 0 Å². The molecule has 0 radical (unpaired) electrons. The molecule has 0 saturated heterocycles. The number of para-hydroxylation sites is 1. The summed E-state index contributed by atoms with van der Waals surface area (Å²) in [6.45, 7) is 0.416. The number of halogens is 1. The van der Waals surface area contributed by atoms with Crippen molar-refractivity contribution in [1.29, 1.82) is 0 Å². The summed E-state index contributed by atoms with van der Waals surface area (Å²) in [5, 5.41) is 0.233. The van der Waals surface area contributed by atoms with Gasteiger partial charge in [-0.15, -0.1) is 0 Å². The van der Waals surface area contributed by atoms with Gasteiger partial charge in [-0.2, -0.15) is 0 Å². The van der Waals surface area contributed by atoms with Gasteiger partial charge in [0.1, 0.15) is 0 Å². The Kier molecular flexibility index (Phi) is 4.75. The predicted octanol–water partition coefficient (Wildman–Crippen LogP) is 3.18. The number of rotatable bonds is 3. The van der Waals surface area contributed by atoms with Gasteiger partial charge in [0.05, 0.1) is 21.2 Å². The minimum Gasteiger partial charge on any atom is -0.345 e. The van der Waals surface area contributed by atoms with Gasteiger partial charge in [-0.1, -0.05) is 29.8 Å². The Balaban J connectivity index is 2.08. The van der Waals surface area contributed by atoms with Crippen molar-refractivity contribution in [2.75, 3.05) is 24.9 Å². The Hall–Kier alpha value is -2.05. The van der Waals surface area contributed by atoms with E-state index in [1.807, 2.05) is 24.3 Å². The van der Waals surface area contributed by atoms with Crippen LogP contribution in [-0.4, -0.2) is 39.9 Å². The van der Waals surface area contributed by atoms with Crippen LogP contribution in [0.25, 0.3) is 0 Å². The van der Waals surface area contributed by atoms with Crippen LogP contribution < -0.4 is 4.31 Å². The van der Waals surface area contributed by atoms with Gasteiger partial charge in [0, 0.05) is 20.6 Å². The summed E-state index contributed by atoms with van der Waals surface area (Å²) in [6, 6.07) is 11.8.